The van der Waals surface area contributed by atoms with Crippen LogP contribution in [-0.2, 0) is 22.9 Å². The highest BCUT2D eigenvalue weighted by Gasteiger charge is 2.18. The van der Waals surface area contributed by atoms with Crippen LogP contribution in [0.2, 0.25) is 0 Å². The van der Waals surface area contributed by atoms with Gasteiger partial charge in [-0.2, -0.15) is 0 Å². The molecular weight excluding hydrogens is 370 g/mol. The van der Waals surface area contributed by atoms with Gasteiger partial charge in [0, 0.05) is 23.7 Å². The van der Waals surface area contributed by atoms with E-state index in [1.165, 1.54) is 41.8 Å². The van der Waals surface area contributed by atoms with Gasteiger partial charge in [0.05, 0.1) is 9.77 Å². The Balaban J connectivity index is 1.75. The van der Waals surface area contributed by atoms with Gasteiger partial charge < -0.3 is 11.1 Å². The van der Waals surface area contributed by atoms with Crippen molar-refractivity contribution in [3.63, 3.8) is 0 Å². The number of rotatable bonds is 6. The number of hydrogen-bond donors (Lipinski definition) is 3. The Morgan fingerprint density at radius 2 is 1.96 bits per heavy atom. The van der Waals surface area contributed by atoms with E-state index in [0.717, 1.165) is 12.8 Å². The van der Waals surface area contributed by atoms with E-state index >= 15 is 0 Å². The van der Waals surface area contributed by atoms with E-state index in [9.17, 15) is 13.2 Å². The molecule has 8 heteroatoms. The molecule has 0 saturated heterocycles. The van der Waals surface area contributed by atoms with Crippen LogP contribution in [0.3, 0.4) is 0 Å². The van der Waals surface area contributed by atoms with Crippen LogP contribution in [0.25, 0.3) is 0 Å². The van der Waals surface area contributed by atoms with Crippen molar-refractivity contribution in [1.82, 2.24) is 4.72 Å². The fraction of sp³-hybridized carbons (Fsp3) is 0.389. The fourth-order valence-electron chi connectivity index (χ4n) is 2.99. The number of carbonyl (C=O) groups is 1. The number of hydrogen-bond acceptors (Lipinski definition) is 5. The van der Waals surface area contributed by atoms with E-state index in [0.29, 0.717) is 10.6 Å². The van der Waals surface area contributed by atoms with Crippen molar-refractivity contribution < 1.29 is 13.2 Å². The highest BCUT2D eigenvalue weighted by molar-refractivity contribution is 7.89. The van der Waals surface area contributed by atoms with Crippen molar-refractivity contribution >= 4 is 33.0 Å². The van der Waals surface area contributed by atoms with E-state index < -0.39 is 10.0 Å². The smallest absolute Gasteiger partial charge is 0.265 e. The molecule has 0 saturated carbocycles. The van der Waals surface area contributed by atoms with Crippen LogP contribution >= 0.6 is 11.3 Å². The molecule has 1 aromatic carbocycles. The van der Waals surface area contributed by atoms with Crippen LogP contribution in [0, 0.1) is 0 Å². The maximum Gasteiger partial charge on any atom is 0.265 e. The van der Waals surface area contributed by atoms with Crippen molar-refractivity contribution in [2.24, 2.45) is 5.73 Å². The standard InChI is InChI=1S/C18H23N3O3S2/c19-9-10-20-26(23,24)15-7-4-6-14(12-15)21-18(22)17-11-13-5-2-1-3-8-16(13)25-17/h4,6-7,11-12,20H,1-3,5,8-10,19H2,(H,21,22). The fourth-order valence-corrected chi connectivity index (χ4v) is 5.23. The van der Waals surface area contributed by atoms with Gasteiger partial charge in [-0.25, -0.2) is 13.1 Å². The number of carbonyl (C=O) groups excluding carboxylic acids is 1. The zero-order valence-electron chi connectivity index (χ0n) is 14.5. The lowest BCUT2D eigenvalue weighted by Crippen LogP contribution is -2.29. The summed E-state index contributed by atoms with van der Waals surface area (Å²) >= 11 is 1.54. The Morgan fingerprint density at radius 1 is 1.15 bits per heavy atom. The molecule has 1 aliphatic carbocycles. The molecule has 6 nitrogen and oxygen atoms in total. The summed E-state index contributed by atoms with van der Waals surface area (Å²) in [4.78, 5) is 14.6. The minimum atomic E-state index is -3.63. The number of fused-ring (bicyclic) bond motifs is 1. The summed E-state index contributed by atoms with van der Waals surface area (Å²) in [6.07, 6.45) is 5.64. The Morgan fingerprint density at radius 3 is 2.77 bits per heavy atom. The summed E-state index contributed by atoms with van der Waals surface area (Å²) in [5.41, 5.74) is 7.07. The van der Waals surface area contributed by atoms with Gasteiger partial charge in [0.15, 0.2) is 0 Å². The SMILES string of the molecule is NCCNS(=O)(=O)c1cccc(NC(=O)c2cc3c(s2)CCCCC3)c1. The lowest BCUT2D eigenvalue weighted by Gasteiger charge is -2.08. The third kappa shape index (κ3) is 4.50. The van der Waals surface area contributed by atoms with E-state index in [4.69, 9.17) is 5.73 Å². The molecule has 0 spiro atoms. The number of anilines is 1. The van der Waals surface area contributed by atoms with Crippen molar-refractivity contribution in [1.29, 1.82) is 0 Å². The monoisotopic (exact) mass is 393 g/mol. The summed E-state index contributed by atoms with van der Waals surface area (Å²) in [5.74, 6) is -0.201. The topological polar surface area (TPSA) is 101 Å². The van der Waals surface area contributed by atoms with Crippen LogP contribution in [0.1, 0.15) is 39.4 Å². The lowest BCUT2D eigenvalue weighted by atomic mass is 10.1. The van der Waals surface area contributed by atoms with Crippen molar-refractivity contribution in [3.05, 3.63) is 45.6 Å². The Kier molecular flexibility index (Phi) is 6.08. The van der Waals surface area contributed by atoms with Gasteiger partial charge in [-0.1, -0.05) is 12.5 Å². The number of nitrogens with two attached hydrogens (primary N) is 1. The van der Waals surface area contributed by atoms with Crippen molar-refractivity contribution in [2.75, 3.05) is 18.4 Å². The van der Waals surface area contributed by atoms with Gasteiger partial charge in [0.2, 0.25) is 10.0 Å². The zero-order valence-corrected chi connectivity index (χ0v) is 16.1. The first kappa shape index (κ1) is 19.0. The summed E-state index contributed by atoms with van der Waals surface area (Å²) in [6.45, 7) is 0.387. The van der Waals surface area contributed by atoms with Crippen LogP contribution in [0.4, 0.5) is 5.69 Å². The Bertz CT molecular complexity index is 867. The molecule has 0 bridgehead atoms. The number of nitrogens with one attached hydrogen (secondary N) is 2. The van der Waals surface area contributed by atoms with Crippen LogP contribution in [-0.4, -0.2) is 27.4 Å². The minimum absolute atomic E-state index is 0.103. The highest BCUT2D eigenvalue weighted by Crippen LogP contribution is 2.29. The first-order valence-corrected chi connectivity index (χ1v) is 11.0. The highest BCUT2D eigenvalue weighted by atomic mass is 32.2. The number of amides is 1. The summed E-state index contributed by atoms with van der Waals surface area (Å²) < 4.78 is 26.8. The van der Waals surface area contributed by atoms with Gasteiger partial charge in [-0.05, 0) is 55.5 Å². The molecule has 0 unspecified atom stereocenters. The largest absolute Gasteiger partial charge is 0.329 e. The Hall–Kier alpha value is -1.74. The van der Waals surface area contributed by atoms with Crippen molar-refractivity contribution in [2.45, 2.75) is 37.0 Å². The molecule has 140 valence electrons. The van der Waals surface area contributed by atoms with E-state index in [2.05, 4.69) is 10.0 Å². The van der Waals surface area contributed by atoms with Crippen LogP contribution in [0.5, 0.6) is 0 Å². The molecule has 1 heterocycles. The van der Waals surface area contributed by atoms with Gasteiger partial charge in [-0.15, -0.1) is 11.3 Å². The predicted molar refractivity (Wildman–Crippen MR) is 104 cm³/mol. The number of sulfonamides is 1. The molecule has 0 aliphatic heterocycles. The van der Waals surface area contributed by atoms with Crippen LogP contribution < -0.4 is 15.8 Å². The summed E-state index contributed by atoms with van der Waals surface area (Å²) in [5, 5.41) is 2.81. The third-order valence-electron chi connectivity index (χ3n) is 4.31. The van der Waals surface area contributed by atoms with E-state index in [1.807, 2.05) is 6.07 Å². The molecule has 0 fully saturated rings. The molecule has 1 amide bonds. The normalized spacial score (nSPS) is 14.5. The first-order valence-electron chi connectivity index (χ1n) is 8.72. The maximum atomic E-state index is 12.6. The summed E-state index contributed by atoms with van der Waals surface area (Å²) in [6, 6.07) is 8.20. The number of benzene rings is 1. The molecule has 0 radical (unpaired) electrons. The van der Waals surface area contributed by atoms with Gasteiger partial charge in [-0.3, -0.25) is 4.79 Å². The van der Waals surface area contributed by atoms with E-state index in [1.54, 1.807) is 23.5 Å². The zero-order chi connectivity index (χ0) is 18.6. The molecule has 2 aromatic rings. The third-order valence-corrected chi connectivity index (χ3v) is 7.00. The second kappa shape index (κ2) is 8.30. The quantitative estimate of drug-likeness (QED) is 0.656. The second-order valence-corrected chi connectivity index (χ2v) is 9.19. The molecule has 1 aromatic heterocycles. The van der Waals surface area contributed by atoms with Crippen molar-refractivity contribution in [3.8, 4) is 0 Å². The predicted octanol–water partition coefficient (Wildman–Crippen LogP) is 2.51. The number of thiophene rings is 1. The van der Waals surface area contributed by atoms with Gasteiger partial charge in [0.25, 0.3) is 5.91 Å². The number of aryl methyl sites for hydroxylation is 2. The molecule has 0 atom stereocenters. The average molecular weight is 394 g/mol. The second-order valence-electron chi connectivity index (χ2n) is 6.29. The maximum absolute atomic E-state index is 12.6. The van der Waals surface area contributed by atoms with E-state index in [-0.39, 0.29) is 23.9 Å². The lowest BCUT2D eigenvalue weighted by molar-refractivity contribution is 0.103. The molecule has 3 rings (SSSR count). The first-order chi connectivity index (χ1) is 12.5. The van der Waals surface area contributed by atoms with Gasteiger partial charge >= 0.3 is 0 Å². The molecular formula is C18H23N3O3S2. The molecule has 26 heavy (non-hydrogen) atoms. The summed E-state index contributed by atoms with van der Waals surface area (Å²) in [7, 11) is -3.63. The molecule has 4 N–H and O–H groups in total. The molecule has 1 aliphatic rings. The van der Waals surface area contributed by atoms with Gasteiger partial charge in [0.1, 0.15) is 0 Å². The van der Waals surface area contributed by atoms with Crippen LogP contribution in [0.15, 0.2) is 35.2 Å². The minimum Gasteiger partial charge on any atom is -0.329 e. The average Bonchev–Trinajstić information content (AvgIpc) is 2.91. The Labute approximate surface area is 157 Å².